The van der Waals surface area contributed by atoms with Crippen LogP contribution in [0.5, 0.6) is 11.5 Å². The summed E-state index contributed by atoms with van der Waals surface area (Å²) in [5, 5.41) is 0.504. The van der Waals surface area contributed by atoms with Gasteiger partial charge < -0.3 is 9.47 Å². The van der Waals surface area contributed by atoms with Crippen LogP contribution >= 0.6 is 11.6 Å². The van der Waals surface area contributed by atoms with Gasteiger partial charge in [0.05, 0.1) is 5.69 Å². The number of rotatable bonds is 2. The van der Waals surface area contributed by atoms with Crippen molar-refractivity contribution in [3.8, 4) is 11.5 Å². The number of carbonyl (C=O) groups excluding carboxylic acids is 2. The second kappa shape index (κ2) is 6.41. The minimum atomic E-state index is -0.497. The van der Waals surface area contributed by atoms with Crippen molar-refractivity contribution in [3.05, 3.63) is 47.5 Å². The molecule has 124 valence electrons. The molecular weight excluding hydrogens is 332 g/mol. The molecule has 0 bridgehead atoms. The van der Waals surface area contributed by atoms with Crippen LogP contribution in [0.4, 0.5) is 16.2 Å². The van der Waals surface area contributed by atoms with Gasteiger partial charge >= 0.3 is 6.03 Å². The molecule has 3 amide bonds. The molecule has 6 nitrogen and oxygen atoms in total. The van der Waals surface area contributed by atoms with E-state index in [1.54, 1.807) is 49.5 Å². The van der Waals surface area contributed by atoms with Crippen LogP contribution in [0, 0.1) is 0 Å². The Bertz CT molecular complexity index is 809. The predicted molar refractivity (Wildman–Crippen MR) is 91.0 cm³/mol. The third kappa shape index (κ3) is 3.00. The summed E-state index contributed by atoms with van der Waals surface area (Å²) in [7, 11) is 1.58. The van der Waals surface area contributed by atoms with Crippen LogP contribution < -0.4 is 19.3 Å². The average molecular weight is 347 g/mol. The Morgan fingerprint density at radius 2 is 1.79 bits per heavy atom. The summed E-state index contributed by atoms with van der Waals surface area (Å²) in [6.45, 7) is 1.45. The lowest BCUT2D eigenvalue weighted by molar-refractivity contribution is -0.115. The van der Waals surface area contributed by atoms with Gasteiger partial charge in [0.15, 0.2) is 11.5 Å². The normalized spacial score (nSPS) is 12.0. The van der Waals surface area contributed by atoms with E-state index in [-0.39, 0.29) is 6.79 Å². The van der Waals surface area contributed by atoms with Gasteiger partial charge in [-0.05, 0) is 30.3 Å². The summed E-state index contributed by atoms with van der Waals surface area (Å²) in [5.74, 6) is 0.669. The van der Waals surface area contributed by atoms with Crippen molar-refractivity contribution in [1.29, 1.82) is 0 Å². The number of benzene rings is 2. The first kappa shape index (κ1) is 16.1. The predicted octanol–water partition coefficient (Wildman–Crippen LogP) is 3.68. The van der Waals surface area contributed by atoms with E-state index in [4.69, 9.17) is 21.1 Å². The van der Waals surface area contributed by atoms with Crippen LogP contribution in [0.1, 0.15) is 6.92 Å². The molecule has 0 aromatic heterocycles. The van der Waals surface area contributed by atoms with Crippen LogP contribution in [0.25, 0.3) is 0 Å². The van der Waals surface area contributed by atoms with E-state index < -0.39 is 11.9 Å². The summed E-state index contributed by atoms with van der Waals surface area (Å²) >= 11 is 5.97. The quantitative estimate of drug-likeness (QED) is 0.832. The van der Waals surface area contributed by atoms with E-state index in [1.165, 1.54) is 11.8 Å². The standard InChI is InChI=1S/C17H15ClN2O4/c1-11(21)20(14-6-7-15-16(9-14)24-10-23-15)17(22)19(2)13-5-3-4-12(18)8-13/h3-9H,10H2,1-2H3. The Morgan fingerprint density at radius 1 is 1.04 bits per heavy atom. The number of ether oxygens (including phenoxy) is 2. The van der Waals surface area contributed by atoms with E-state index in [9.17, 15) is 9.59 Å². The number of hydrogen-bond donors (Lipinski definition) is 0. The molecule has 0 aliphatic carbocycles. The van der Waals surface area contributed by atoms with E-state index in [0.717, 1.165) is 4.90 Å². The molecular formula is C17H15ClN2O4. The number of nitrogens with zero attached hydrogens (tertiary/aromatic N) is 2. The van der Waals surface area contributed by atoms with Crippen molar-refractivity contribution in [1.82, 2.24) is 0 Å². The maximum absolute atomic E-state index is 12.8. The SMILES string of the molecule is CC(=O)N(C(=O)N(C)c1cccc(Cl)c1)c1ccc2c(c1)OCO2. The monoisotopic (exact) mass is 346 g/mol. The Kier molecular flexibility index (Phi) is 4.31. The largest absolute Gasteiger partial charge is 0.454 e. The summed E-state index contributed by atoms with van der Waals surface area (Å²) in [4.78, 5) is 27.3. The van der Waals surface area contributed by atoms with Crippen molar-refractivity contribution in [2.75, 3.05) is 23.6 Å². The Balaban J connectivity index is 1.93. The number of fused-ring (bicyclic) bond motifs is 1. The number of imide groups is 1. The molecule has 0 fully saturated rings. The second-order valence-electron chi connectivity index (χ2n) is 5.21. The fourth-order valence-corrected chi connectivity index (χ4v) is 2.58. The highest BCUT2D eigenvalue weighted by Crippen LogP contribution is 2.36. The summed E-state index contributed by atoms with van der Waals surface area (Å²) in [6, 6.07) is 11.2. The summed E-state index contributed by atoms with van der Waals surface area (Å²) < 4.78 is 10.6. The Morgan fingerprint density at radius 3 is 2.50 bits per heavy atom. The number of amides is 3. The fourth-order valence-electron chi connectivity index (χ4n) is 2.40. The van der Waals surface area contributed by atoms with Crippen molar-refractivity contribution in [3.63, 3.8) is 0 Å². The van der Waals surface area contributed by atoms with Gasteiger partial charge in [-0.1, -0.05) is 17.7 Å². The molecule has 7 heteroatoms. The third-order valence-corrected chi connectivity index (χ3v) is 3.84. The Hall–Kier alpha value is -2.73. The highest BCUT2D eigenvalue weighted by Gasteiger charge is 2.26. The van der Waals surface area contributed by atoms with Crippen LogP contribution in [0.2, 0.25) is 5.02 Å². The van der Waals surface area contributed by atoms with Crippen molar-refractivity contribution in [2.24, 2.45) is 0 Å². The van der Waals surface area contributed by atoms with Crippen molar-refractivity contribution >= 4 is 34.9 Å². The molecule has 24 heavy (non-hydrogen) atoms. The van der Waals surface area contributed by atoms with Crippen LogP contribution in [-0.2, 0) is 4.79 Å². The van der Waals surface area contributed by atoms with Crippen LogP contribution in [0.15, 0.2) is 42.5 Å². The fraction of sp³-hybridized carbons (Fsp3) is 0.176. The van der Waals surface area contributed by atoms with Gasteiger partial charge in [-0.25, -0.2) is 9.69 Å². The molecule has 0 atom stereocenters. The molecule has 0 unspecified atom stereocenters. The van der Waals surface area contributed by atoms with Gasteiger partial charge in [0.25, 0.3) is 0 Å². The molecule has 0 saturated heterocycles. The number of hydrogen-bond acceptors (Lipinski definition) is 4. The lowest BCUT2D eigenvalue weighted by Gasteiger charge is -2.26. The smallest absolute Gasteiger partial charge is 0.335 e. The first-order valence-corrected chi connectivity index (χ1v) is 7.59. The molecule has 1 aliphatic heterocycles. The molecule has 0 saturated carbocycles. The van der Waals surface area contributed by atoms with E-state index in [2.05, 4.69) is 0 Å². The lowest BCUT2D eigenvalue weighted by Crippen LogP contribution is -2.44. The van der Waals surface area contributed by atoms with Gasteiger partial charge in [-0.2, -0.15) is 0 Å². The van der Waals surface area contributed by atoms with Gasteiger partial charge in [-0.15, -0.1) is 0 Å². The zero-order valence-corrected chi connectivity index (χ0v) is 13.9. The van der Waals surface area contributed by atoms with Gasteiger partial charge in [-0.3, -0.25) is 9.69 Å². The van der Waals surface area contributed by atoms with Crippen molar-refractivity contribution < 1.29 is 19.1 Å². The maximum atomic E-state index is 12.8. The highest BCUT2D eigenvalue weighted by molar-refractivity contribution is 6.31. The molecule has 2 aromatic rings. The molecule has 2 aromatic carbocycles. The molecule has 0 spiro atoms. The number of carbonyl (C=O) groups is 2. The highest BCUT2D eigenvalue weighted by atomic mass is 35.5. The van der Waals surface area contributed by atoms with Crippen molar-refractivity contribution in [2.45, 2.75) is 6.92 Å². The molecule has 0 N–H and O–H groups in total. The van der Waals surface area contributed by atoms with E-state index in [1.807, 2.05) is 0 Å². The lowest BCUT2D eigenvalue weighted by atomic mass is 10.2. The molecule has 1 heterocycles. The zero-order valence-electron chi connectivity index (χ0n) is 13.2. The summed E-state index contributed by atoms with van der Waals surface area (Å²) in [6.07, 6.45) is 0. The van der Waals surface area contributed by atoms with E-state index in [0.29, 0.717) is 27.9 Å². The average Bonchev–Trinajstić information content (AvgIpc) is 3.01. The minimum absolute atomic E-state index is 0.120. The summed E-state index contributed by atoms with van der Waals surface area (Å²) in [5.41, 5.74) is 0.991. The third-order valence-electron chi connectivity index (χ3n) is 3.60. The molecule has 1 aliphatic rings. The number of halogens is 1. The minimum Gasteiger partial charge on any atom is -0.454 e. The Labute approximate surface area is 144 Å². The van der Waals surface area contributed by atoms with Gasteiger partial charge in [0.2, 0.25) is 12.7 Å². The molecule has 0 radical (unpaired) electrons. The van der Waals surface area contributed by atoms with Crippen LogP contribution in [-0.4, -0.2) is 25.8 Å². The zero-order chi connectivity index (χ0) is 17.3. The topological polar surface area (TPSA) is 59.1 Å². The first-order chi connectivity index (χ1) is 11.5. The molecule has 3 rings (SSSR count). The van der Waals surface area contributed by atoms with Crippen LogP contribution in [0.3, 0.4) is 0 Å². The maximum Gasteiger partial charge on any atom is 0.335 e. The van der Waals surface area contributed by atoms with Gasteiger partial charge in [0.1, 0.15) is 0 Å². The van der Waals surface area contributed by atoms with Gasteiger partial charge in [0, 0.05) is 30.7 Å². The second-order valence-corrected chi connectivity index (χ2v) is 5.65. The number of urea groups is 1. The first-order valence-electron chi connectivity index (χ1n) is 7.21. The van der Waals surface area contributed by atoms with E-state index >= 15 is 0 Å². The number of anilines is 2.